The van der Waals surface area contributed by atoms with Crippen LogP contribution in [0, 0.1) is 5.82 Å². The fraction of sp³-hybridized carbons (Fsp3) is 0.0833. The highest BCUT2D eigenvalue weighted by atomic mass is 35.5. The Morgan fingerprint density at radius 2 is 1.82 bits per heavy atom. The van der Waals surface area contributed by atoms with Gasteiger partial charge in [-0.3, -0.25) is 9.59 Å². The summed E-state index contributed by atoms with van der Waals surface area (Å²) in [5.41, 5.74) is 3.11. The molecule has 0 saturated heterocycles. The fourth-order valence-corrected chi connectivity index (χ4v) is 2.95. The molecule has 8 nitrogen and oxygen atoms in total. The molecule has 0 radical (unpaired) electrons. The first-order valence-electron chi connectivity index (χ1n) is 9.88. The van der Waals surface area contributed by atoms with Crippen LogP contribution in [0.4, 0.5) is 4.39 Å². The van der Waals surface area contributed by atoms with E-state index in [1.54, 1.807) is 36.4 Å². The largest absolute Gasteiger partial charge is 0.493 e. The van der Waals surface area contributed by atoms with Gasteiger partial charge in [-0.1, -0.05) is 29.8 Å². The van der Waals surface area contributed by atoms with Gasteiger partial charge in [-0.15, -0.1) is 0 Å². The number of halogens is 2. The van der Waals surface area contributed by atoms with Crippen LogP contribution in [0.3, 0.4) is 0 Å². The summed E-state index contributed by atoms with van der Waals surface area (Å²) in [6, 6.07) is 16.2. The molecule has 0 spiro atoms. The lowest BCUT2D eigenvalue weighted by Crippen LogP contribution is -2.34. The number of nitrogens with zero attached hydrogens (tertiary/aromatic N) is 1. The highest BCUT2D eigenvalue weighted by Crippen LogP contribution is 2.29. The van der Waals surface area contributed by atoms with Crippen molar-refractivity contribution >= 4 is 35.6 Å². The first-order valence-corrected chi connectivity index (χ1v) is 10.3. The van der Waals surface area contributed by atoms with E-state index in [2.05, 4.69) is 15.8 Å². The molecule has 0 aliphatic carbocycles. The highest BCUT2D eigenvalue weighted by molar-refractivity contribution is 6.33. The van der Waals surface area contributed by atoms with E-state index >= 15 is 0 Å². The number of carbonyl (C=O) groups is 3. The van der Waals surface area contributed by atoms with E-state index in [4.69, 9.17) is 21.1 Å². The van der Waals surface area contributed by atoms with E-state index in [1.165, 1.54) is 37.6 Å². The molecule has 0 unspecified atom stereocenters. The van der Waals surface area contributed by atoms with E-state index < -0.39 is 23.6 Å². The Hall–Kier alpha value is -4.24. The summed E-state index contributed by atoms with van der Waals surface area (Å²) in [5.74, 6) is -1.94. The van der Waals surface area contributed by atoms with Crippen molar-refractivity contribution in [3.63, 3.8) is 0 Å². The topological polar surface area (TPSA) is 106 Å². The molecule has 34 heavy (non-hydrogen) atoms. The second-order valence-corrected chi connectivity index (χ2v) is 7.17. The molecule has 10 heteroatoms. The first-order chi connectivity index (χ1) is 16.4. The first kappa shape index (κ1) is 24.4. The minimum absolute atomic E-state index is 0.0960. The van der Waals surface area contributed by atoms with Crippen molar-refractivity contribution < 1.29 is 28.2 Å². The molecule has 0 heterocycles. The SMILES string of the molecule is COc1cc(/C=N/NC(=O)CNC(=O)c2cccc(F)c2)ccc1OC(=O)c1ccccc1Cl. The molecule has 2 N–H and O–H groups in total. The number of nitrogens with one attached hydrogen (secondary N) is 2. The standard InChI is InChI=1S/C24H19ClFN3O5/c1-33-21-11-15(9-10-20(21)34-24(32)18-7-2-3-8-19(18)25)13-28-29-22(30)14-27-23(31)16-5-4-6-17(26)12-16/h2-13H,14H2,1H3,(H,27,31)(H,29,30)/b28-13+. The van der Waals surface area contributed by atoms with E-state index in [0.717, 1.165) is 6.07 Å². The van der Waals surface area contributed by atoms with Crippen LogP contribution in [-0.2, 0) is 4.79 Å². The number of hydrogen-bond donors (Lipinski definition) is 2. The van der Waals surface area contributed by atoms with Gasteiger partial charge < -0.3 is 14.8 Å². The van der Waals surface area contributed by atoms with Gasteiger partial charge in [0, 0.05) is 5.56 Å². The molecule has 0 aromatic heterocycles. The van der Waals surface area contributed by atoms with Crippen LogP contribution < -0.4 is 20.2 Å². The maximum absolute atomic E-state index is 13.2. The molecule has 0 aliphatic heterocycles. The summed E-state index contributed by atoms with van der Waals surface area (Å²) < 4.78 is 23.8. The Balaban J connectivity index is 1.55. The molecule has 0 atom stereocenters. The van der Waals surface area contributed by atoms with Crippen molar-refractivity contribution in [2.24, 2.45) is 5.10 Å². The van der Waals surface area contributed by atoms with E-state index in [0.29, 0.717) is 5.56 Å². The average molecular weight is 484 g/mol. The Morgan fingerprint density at radius 1 is 1.03 bits per heavy atom. The number of carbonyl (C=O) groups excluding carboxylic acids is 3. The Bertz CT molecular complexity index is 1250. The highest BCUT2D eigenvalue weighted by Gasteiger charge is 2.15. The molecule has 174 valence electrons. The van der Waals surface area contributed by atoms with Gasteiger partial charge in [0.05, 0.1) is 30.5 Å². The molecule has 0 bridgehead atoms. The number of hydrogen-bond acceptors (Lipinski definition) is 6. The third-order valence-electron chi connectivity index (χ3n) is 4.38. The lowest BCUT2D eigenvalue weighted by atomic mass is 10.2. The van der Waals surface area contributed by atoms with Crippen molar-refractivity contribution in [3.8, 4) is 11.5 Å². The summed E-state index contributed by atoms with van der Waals surface area (Å²) in [7, 11) is 1.41. The molecule has 0 saturated carbocycles. The molecule has 0 aliphatic rings. The molecule has 2 amide bonds. The molecule has 0 fully saturated rings. The van der Waals surface area contributed by atoms with Gasteiger partial charge in [0.25, 0.3) is 11.8 Å². The Labute approximate surface area is 199 Å². The number of methoxy groups -OCH3 is 1. The fourth-order valence-electron chi connectivity index (χ4n) is 2.74. The van der Waals surface area contributed by atoms with Gasteiger partial charge in [-0.25, -0.2) is 14.6 Å². The lowest BCUT2D eigenvalue weighted by Gasteiger charge is -2.10. The number of rotatable bonds is 8. The van der Waals surface area contributed by atoms with Gasteiger partial charge >= 0.3 is 5.97 Å². The van der Waals surface area contributed by atoms with Crippen LogP contribution in [0.1, 0.15) is 26.3 Å². The third kappa shape index (κ3) is 6.63. The quantitative estimate of drug-likeness (QED) is 0.220. The van der Waals surface area contributed by atoms with Crippen LogP contribution in [0.25, 0.3) is 0 Å². The Morgan fingerprint density at radius 3 is 2.56 bits per heavy atom. The lowest BCUT2D eigenvalue weighted by molar-refractivity contribution is -0.120. The molecular formula is C24H19ClFN3O5. The zero-order valence-electron chi connectivity index (χ0n) is 17.9. The van der Waals surface area contributed by atoms with Crippen LogP contribution in [-0.4, -0.2) is 37.7 Å². The maximum atomic E-state index is 13.2. The number of amides is 2. The van der Waals surface area contributed by atoms with Gasteiger partial charge in [0.2, 0.25) is 0 Å². The van der Waals surface area contributed by atoms with E-state index in [9.17, 15) is 18.8 Å². The van der Waals surface area contributed by atoms with Crippen LogP contribution in [0.2, 0.25) is 5.02 Å². The minimum Gasteiger partial charge on any atom is -0.493 e. The van der Waals surface area contributed by atoms with E-state index in [1.807, 2.05) is 0 Å². The van der Waals surface area contributed by atoms with Crippen molar-refractivity contribution in [2.45, 2.75) is 0 Å². The predicted octanol–water partition coefficient (Wildman–Crippen LogP) is 3.59. The molecule has 3 aromatic rings. The number of ether oxygens (including phenoxy) is 2. The van der Waals surface area contributed by atoms with Crippen molar-refractivity contribution in [2.75, 3.05) is 13.7 Å². The van der Waals surface area contributed by atoms with Crippen molar-refractivity contribution in [1.29, 1.82) is 0 Å². The van der Waals surface area contributed by atoms with Gasteiger partial charge in [0.15, 0.2) is 11.5 Å². The summed E-state index contributed by atoms with van der Waals surface area (Å²) in [4.78, 5) is 36.2. The molecular weight excluding hydrogens is 465 g/mol. The van der Waals surface area contributed by atoms with Gasteiger partial charge in [-0.2, -0.15) is 5.10 Å². The molecule has 3 rings (SSSR count). The van der Waals surface area contributed by atoms with Crippen LogP contribution in [0.15, 0.2) is 71.8 Å². The van der Waals surface area contributed by atoms with Crippen LogP contribution in [0.5, 0.6) is 11.5 Å². The second kappa shape index (κ2) is 11.6. The average Bonchev–Trinajstić information content (AvgIpc) is 2.83. The zero-order valence-corrected chi connectivity index (χ0v) is 18.6. The smallest absolute Gasteiger partial charge is 0.345 e. The Kier molecular flexibility index (Phi) is 8.31. The molecule has 3 aromatic carbocycles. The summed E-state index contributed by atoms with van der Waals surface area (Å²) in [6.45, 7) is -0.354. The van der Waals surface area contributed by atoms with Crippen molar-refractivity contribution in [3.05, 3.63) is 94.3 Å². The van der Waals surface area contributed by atoms with E-state index in [-0.39, 0.29) is 34.2 Å². The summed E-state index contributed by atoms with van der Waals surface area (Å²) in [5, 5.41) is 6.44. The van der Waals surface area contributed by atoms with Gasteiger partial charge in [-0.05, 0) is 54.1 Å². The maximum Gasteiger partial charge on any atom is 0.345 e. The third-order valence-corrected chi connectivity index (χ3v) is 4.71. The normalized spacial score (nSPS) is 10.6. The van der Waals surface area contributed by atoms with Crippen molar-refractivity contribution in [1.82, 2.24) is 10.7 Å². The zero-order chi connectivity index (χ0) is 24.5. The second-order valence-electron chi connectivity index (χ2n) is 6.77. The summed E-state index contributed by atoms with van der Waals surface area (Å²) in [6.07, 6.45) is 1.34. The monoisotopic (exact) mass is 483 g/mol. The number of benzene rings is 3. The van der Waals surface area contributed by atoms with Crippen LogP contribution >= 0.6 is 11.6 Å². The number of hydrazone groups is 1. The summed E-state index contributed by atoms with van der Waals surface area (Å²) >= 11 is 6.02. The predicted molar refractivity (Wildman–Crippen MR) is 124 cm³/mol. The minimum atomic E-state index is -0.641. The number of esters is 1. The van der Waals surface area contributed by atoms with Gasteiger partial charge in [0.1, 0.15) is 5.82 Å².